The molecule has 2 aromatic carbocycles. The lowest BCUT2D eigenvalue weighted by Gasteiger charge is -2.45. The molecule has 0 radical (unpaired) electrons. The summed E-state index contributed by atoms with van der Waals surface area (Å²) in [4.78, 5) is 14.8. The summed E-state index contributed by atoms with van der Waals surface area (Å²) >= 11 is 3.46. The van der Waals surface area contributed by atoms with Crippen LogP contribution in [0, 0.1) is 0 Å². The Labute approximate surface area is 144 Å². The Morgan fingerprint density at radius 3 is 2.65 bits per heavy atom. The number of anilines is 1. The molecule has 118 valence electrons. The molecule has 0 aromatic heterocycles. The van der Waals surface area contributed by atoms with Gasteiger partial charge in [0.25, 0.3) is 5.91 Å². The Bertz CT molecular complexity index is 798. The van der Waals surface area contributed by atoms with E-state index in [1.807, 2.05) is 36.4 Å². The first kappa shape index (κ1) is 14.9. The lowest BCUT2D eigenvalue weighted by atomic mass is 9.85. The molecule has 4 rings (SSSR count). The normalized spacial score (nSPS) is 20.9. The van der Waals surface area contributed by atoms with E-state index in [0.717, 1.165) is 39.7 Å². The first-order valence-electron chi connectivity index (χ1n) is 8.01. The number of hydrogen-bond donors (Lipinski definition) is 0. The van der Waals surface area contributed by atoms with Crippen LogP contribution in [-0.2, 0) is 10.3 Å². The predicted octanol–water partition coefficient (Wildman–Crippen LogP) is 5.15. The monoisotopic (exact) mass is 371 g/mol. The summed E-state index contributed by atoms with van der Waals surface area (Å²) in [5.74, 6) is 0.0135. The zero-order valence-corrected chi connectivity index (χ0v) is 14.8. The summed E-state index contributed by atoms with van der Waals surface area (Å²) in [5, 5.41) is 0. The van der Waals surface area contributed by atoms with Crippen LogP contribution in [0.15, 0.2) is 46.9 Å². The van der Waals surface area contributed by atoms with E-state index in [0.29, 0.717) is 0 Å². The number of nitrogens with zero attached hydrogens (tertiary/aromatic N) is 1. The number of halogens is 1. The number of benzene rings is 2. The molecule has 0 fully saturated rings. The highest BCUT2D eigenvalue weighted by Crippen LogP contribution is 2.52. The van der Waals surface area contributed by atoms with Crippen molar-refractivity contribution in [3.8, 4) is 0 Å². The van der Waals surface area contributed by atoms with Gasteiger partial charge < -0.3 is 4.74 Å². The van der Waals surface area contributed by atoms with Gasteiger partial charge >= 0.3 is 0 Å². The maximum absolute atomic E-state index is 13.0. The van der Waals surface area contributed by atoms with Gasteiger partial charge in [-0.2, -0.15) is 0 Å². The molecule has 0 saturated carbocycles. The third kappa shape index (κ3) is 1.95. The molecule has 0 spiro atoms. The van der Waals surface area contributed by atoms with Gasteiger partial charge in [0, 0.05) is 21.2 Å². The Hall–Kier alpha value is -1.65. The Balaban J connectivity index is 1.96. The highest BCUT2D eigenvalue weighted by Gasteiger charge is 2.49. The second-order valence-electron chi connectivity index (χ2n) is 6.10. The third-order valence-corrected chi connectivity index (χ3v) is 5.59. The number of carbonyl (C=O) groups excluding carboxylic acids is 1. The van der Waals surface area contributed by atoms with Crippen LogP contribution < -0.4 is 4.90 Å². The zero-order chi connectivity index (χ0) is 16.2. The van der Waals surface area contributed by atoms with Crippen LogP contribution in [0.5, 0.6) is 0 Å². The van der Waals surface area contributed by atoms with Crippen LogP contribution >= 0.6 is 15.9 Å². The Morgan fingerprint density at radius 1 is 1.17 bits per heavy atom. The lowest BCUT2D eigenvalue weighted by Crippen LogP contribution is -2.43. The van der Waals surface area contributed by atoms with Crippen molar-refractivity contribution in [3.05, 3.63) is 63.6 Å². The molecule has 4 heteroatoms. The van der Waals surface area contributed by atoms with Gasteiger partial charge in [-0.15, -0.1) is 0 Å². The van der Waals surface area contributed by atoms with E-state index in [4.69, 9.17) is 4.74 Å². The molecule has 2 heterocycles. The van der Waals surface area contributed by atoms with Crippen molar-refractivity contribution in [2.24, 2.45) is 0 Å². The minimum atomic E-state index is -0.341. The number of hydrogen-bond acceptors (Lipinski definition) is 2. The van der Waals surface area contributed by atoms with E-state index in [9.17, 15) is 4.79 Å². The van der Waals surface area contributed by atoms with Crippen LogP contribution in [-0.4, -0.2) is 5.91 Å². The van der Waals surface area contributed by atoms with Crippen LogP contribution in [0.2, 0.25) is 0 Å². The summed E-state index contributed by atoms with van der Waals surface area (Å²) in [6, 6.07) is 14.0. The summed E-state index contributed by atoms with van der Waals surface area (Å²) in [5.41, 5.74) is 3.43. The molecular weight excluding hydrogens is 354 g/mol. The van der Waals surface area contributed by atoms with Crippen molar-refractivity contribution in [2.75, 3.05) is 4.90 Å². The van der Waals surface area contributed by atoms with E-state index in [-0.39, 0.29) is 17.7 Å². The van der Waals surface area contributed by atoms with E-state index < -0.39 is 0 Å². The number of rotatable bonds is 2. The quantitative estimate of drug-likeness (QED) is 0.729. The maximum Gasteiger partial charge on any atom is 0.261 e. The van der Waals surface area contributed by atoms with Crippen molar-refractivity contribution in [3.63, 3.8) is 0 Å². The van der Waals surface area contributed by atoms with E-state index in [1.54, 1.807) is 4.90 Å². The third-order valence-electron chi connectivity index (χ3n) is 5.10. The van der Waals surface area contributed by atoms with Gasteiger partial charge in [-0.05, 0) is 31.0 Å². The van der Waals surface area contributed by atoms with E-state index >= 15 is 0 Å². The van der Waals surface area contributed by atoms with Gasteiger partial charge in [-0.25, -0.2) is 0 Å². The Kier molecular flexibility index (Phi) is 3.36. The van der Waals surface area contributed by atoms with Crippen molar-refractivity contribution in [2.45, 2.75) is 38.5 Å². The number of amides is 1. The molecule has 1 atom stereocenters. The second-order valence-corrected chi connectivity index (χ2v) is 7.01. The maximum atomic E-state index is 13.0. The first-order chi connectivity index (χ1) is 11.1. The number of fused-ring (bicyclic) bond motifs is 5. The fourth-order valence-corrected chi connectivity index (χ4v) is 4.16. The number of ether oxygens (including phenoxy) is 1. The van der Waals surface area contributed by atoms with Gasteiger partial charge in [-0.3, -0.25) is 9.69 Å². The van der Waals surface area contributed by atoms with Crippen molar-refractivity contribution >= 4 is 27.5 Å². The summed E-state index contributed by atoms with van der Waals surface area (Å²) in [7, 11) is 0. The van der Waals surface area contributed by atoms with Gasteiger partial charge in [0.1, 0.15) is 0 Å². The van der Waals surface area contributed by atoms with Crippen LogP contribution in [0.3, 0.4) is 0 Å². The molecule has 0 saturated heterocycles. The fourth-order valence-electron chi connectivity index (χ4n) is 3.80. The second kappa shape index (κ2) is 5.18. The van der Waals surface area contributed by atoms with Crippen LogP contribution in [0.25, 0.3) is 0 Å². The topological polar surface area (TPSA) is 29.5 Å². The smallest absolute Gasteiger partial charge is 0.261 e. The SMILES string of the molecule is CCC1(CC)O[C@H]2c3ccc(Br)cc3C(=O)N2c2ccccc21. The summed E-state index contributed by atoms with van der Waals surface area (Å²) in [6.07, 6.45) is 1.43. The molecule has 0 bridgehead atoms. The molecule has 1 amide bonds. The number of para-hydroxylation sites is 1. The molecule has 0 unspecified atom stereocenters. The van der Waals surface area contributed by atoms with Crippen molar-refractivity contribution in [1.82, 2.24) is 0 Å². The largest absolute Gasteiger partial charge is 0.342 e. The van der Waals surface area contributed by atoms with Gasteiger partial charge in [0.05, 0.1) is 11.3 Å². The molecule has 23 heavy (non-hydrogen) atoms. The molecule has 2 aromatic rings. The summed E-state index contributed by atoms with van der Waals surface area (Å²) in [6.45, 7) is 4.30. The average molecular weight is 372 g/mol. The molecule has 0 aliphatic carbocycles. The van der Waals surface area contributed by atoms with Crippen molar-refractivity contribution in [1.29, 1.82) is 0 Å². The van der Waals surface area contributed by atoms with Crippen molar-refractivity contribution < 1.29 is 9.53 Å². The first-order valence-corrected chi connectivity index (χ1v) is 8.81. The molecular formula is C19H18BrNO2. The van der Waals surface area contributed by atoms with Gasteiger partial charge in [-0.1, -0.05) is 54.0 Å². The van der Waals surface area contributed by atoms with Crippen LogP contribution in [0.4, 0.5) is 5.69 Å². The van der Waals surface area contributed by atoms with Gasteiger partial charge in [0.2, 0.25) is 0 Å². The molecule has 3 nitrogen and oxygen atoms in total. The van der Waals surface area contributed by atoms with E-state index in [1.165, 1.54) is 0 Å². The van der Waals surface area contributed by atoms with Crippen LogP contribution in [0.1, 0.15) is 54.4 Å². The summed E-state index contributed by atoms with van der Waals surface area (Å²) < 4.78 is 7.46. The minimum Gasteiger partial charge on any atom is -0.342 e. The molecule has 2 aliphatic heterocycles. The molecule has 2 aliphatic rings. The fraction of sp³-hybridized carbons (Fsp3) is 0.316. The Morgan fingerprint density at radius 2 is 1.91 bits per heavy atom. The average Bonchev–Trinajstić information content (AvgIpc) is 2.86. The number of carbonyl (C=O) groups is 1. The highest BCUT2D eigenvalue weighted by molar-refractivity contribution is 9.10. The lowest BCUT2D eigenvalue weighted by molar-refractivity contribution is -0.111. The standard InChI is InChI=1S/C19H18BrNO2/c1-3-19(4-2)15-7-5-6-8-16(15)21-17(22)14-11-12(20)9-10-13(14)18(21)23-19/h5-11,18H,3-4H2,1-2H3/t18-/m0/s1. The minimum absolute atomic E-state index is 0.0135. The predicted molar refractivity (Wildman–Crippen MR) is 93.5 cm³/mol. The highest BCUT2D eigenvalue weighted by atomic mass is 79.9. The molecule has 0 N–H and O–H groups in total. The van der Waals surface area contributed by atoms with Gasteiger partial charge in [0.15, 0.2) is 6.23 Å². The zero-order valence-electron chi connectivity index (χ0n) is 13.2. The van der Waals surface area contributed by atoms with E-state index in [2.05, 4.69) is 35.8 Å².